The maximum Gasteiger partial charge on any atom is 0.185 e. The Bertz CT molecular complexity index is 318. The molecule has 4 nitrogen and oxygen atoms in total. The van der Waals surface area contributed by atoms with Crippen molar-refractivity contribution >= 4 is 16.5 Å². The third-order valence-corrected chi connectivity index (χ3v) is 3.98. The second kappa shape index (κ2) is 5.61. The van der Waals surface area contributed by atoms with Crippen molar-refractivity contribution in [3.05, 3.63) is 11.1 Å². The van der Waals surface area contributed by atoms with E-state index in [-0.39, 0.29) is 0 Å². The number of aromatic nitrogens is 1. The van der Waals surface area contributed by atoms with Crippen LogP contribution in [0.4, 0.5) is 5.13 Å². The third-order valence-electron chi connectivity index (χ3n) is 3.03. The summed E-state index contributed by atoms with van der Waals surface area (Å²) < 4.78 is 0. The molecule has 0 atom stereocenters. The van der Waals surface area contributed by atoms with Crippen molar-refractivity contribution in [1.82, 2.24) is 9.88 Å². The summed E-state index contributed by atoms with van der Waals surface area (Å²) in [5.41, 5.74) is 6.67. The van der Waals surface area contributed by atoms with E-state index in [4.69, 9.17) is 5.73 Å². The summed E-state index contributed by atoms with van der Waals surface area (Å²) in [5.74, 6) is 0. The number of nitrogens with two attached hydrogens (primary N) is 1. The van der Waals surface area contributed by atoms with Crippen LogP contribution in [0.3, 0.4) is 0 Å². The molecule has 0 saturated carbocycles. The average Bonchev–Trinajstić information content (AvgIpc) is 2.78. The number of hydrogen-bond donors (Lipinski definition) is 1. The van der Waals surface area contributed by atoms with E-state index < -0.39 is 0 Å². The van der Waals surface area contributed by atoms with E-state index in [2.05, 4.69) is 27.1 Å². The lowest BCUT2D eigenvalue weighted by molar-refractivity contribution is 0.271. The molecule has 0 bridgehead atoms. The lowest BCUT2D eigenvalue weighted by Gasteiger charge is -2.33. The van der Waals surface area contributed by atoms with Gasteiger partial charge in [0.25, 0.3) is 0 Å². The number of nitrogens with zero attached hydrogens (tertiary/aromatic N) is 3. The summed E-state index contributed by atoms with van der Waals surface area (Å²) in [7, 11) is 0. The summed E-state index contributed by atoms with van der Waals surface area (Å²) in [4.78, 5) is 9.48. The van der Waals surface area contributed by atoms with E-state index in [1.807, 2.05) is 0 Å². The maximum atomic E-state index is 5.53. The Morgan fingerprint density at radius 3 is 2.75 bits per heavy atom. The normalized spacial score (nSPS) is 18.0. The van der Waals surface area contributed by atoms with Gasteiger partial charge in [-0.3, -0.25) is 0 Å². The van der Waals surface area contributed by atoms with Gasteiger partial charge in [0.05, 0.1) is 5.69 Å². The van der Waals surface area contributed by atoms with Crippen LogP contribution in [0.15, 0.2) is 5.38 Å². The minimum absolute atomic E-state index is 0.687. The predicted molar refractivity (Wildman–Crippen MR) is 69.2 cm³/mol. The highest BCUT2D eigenvalue weighted by Gasteiger charge is 2.17. The number of hydrogen-bond acceptors (Lipinski definition) is 5. The van der Waals surface area contributed by atoms with E-state index >= 15 is 0 Å². The first-order valence-corrected chi connectivity index (χ1v) is 6.83. The highest BCUT2D eigenvalue weighted by Crippen LogP contribution is 2.21. The molecule has 0 spiro atoms. The molecular weight excluding hydrogens is 220 g/mol. The van der Waals surface area contributed by atoms with Gasteiger partial charge in [-0.2, -0.15) is 0 Å². The van der Waals surface area contributed by atoms with Gasteiger partial charge in [-0.05, 0) is 13.1 Å². The highest BCUT2D eigenvalue weighted by molar-refractivity contribution is 7.13. The minimum atomic E-state index is 0.687. The van der Waals surface area contributed by atoms with E-state index in [9.17, 15) is 0 Å². The van der Waals surface area contributed by atoms with Gasteiger partial charge in [-0.15, -0.1) is 11.3 Å². The Labute approximate surface area is 101 Å². The first-order valence-electron chi connectivity index (χ1n) is 5.95. The lowest BCUT2D eigenvalue weighted by Crippen LogP contribution is -2.46. The first kappa shape index (κ1) is 11.8. The fourth-order valence-corrected chi connectivity index (χ4v) is 2.87. The van der Waals surface area contributed by atoms with E-state index in [0.717, 1.165) is 44.8 Å². The van der Waals surface area contributed by atoms with Gasteiger partial charge < -0.3 is 15.5 Å². The Morgan fingerprint density at radius 1 is 1.38 bits per heavy atom. The smallest absolute Gasteiger partial charge is 0.185 e. The quantitative estimate of drug-likeness (QED) is 0.845. The molecule has 1 aromatic heterocycles. The molecule has 0 aliphatic carbocycles. The Hall–Kier alpha value is -0.650. The summed E-state index contributed by atoms with van der Waals surface area (Å²) in [6, 6.07) is 0. The van der Waals surface area contributed by atoms with E-state index in [1.165, 1.54) is 5.13 Å². The summed E-state index contributed by atoms with van der Waals surface area (Å²) in [5, 5.41) is 3.30. The summed E-state index contributed by atoms with van der Waals surface area (Å²) >= 11 is 1.75. The molecule has 5 heteroatoms. The summed E-state index contributed by atoms with van der Waals surface area (Å²) in [6.45, 7) is 8.58. The molecule has 1 aliphatic rings. The van der Waals surface area contributed by atoms with E-state index in [1.54, 1.807) is 11.3 Å². The van der Waals surface area contributed by atoms with Crippen LogP contribution >= 0.6 is 11.3 Å². The molecule has 0 amide bonds. The third kappa shape index (κ3) is 2.72. The molecule has 1 aromatic rings. The zero-order valence-corrected chi connectivity index (χ0v) is 10.7. The van der Waals surface area contributed by atoms with Gasteiger partial charge >= 0.3 is 0 Å². The maximum absolute atomic E-state index is 5.53. The second-order valence-corrected chi connectivity index (χ2v) is 4.92. The second-order valence-electron chi connectivity index (χ2n) is 4.08. The zero-order valence-electron chi connectivity index (χ0n) is 9.85. The van der Waals surface area contributed by atoms with Crippen molar-refractivity contribution in [2.24, 2.45) is 5.73 Å². The minimum Gasteiger partial charge on any atom is -0.346 e. The van der Waals surface area contributed by atoms with Crippen LogP contribution in [0, 0.1) is 0 Å². The molecule has 2 rings (SSSR count). The van der Waals surface area contributed by atoms with Crippen molar-refractivity contribution in [2.45, 2.75) is 13.3 Å². The molecular formula is C11H20N4S. The number of thiazole rings is 1. The Kier molecular flexibility index (Phi) is 4.15. The van der Waals surface area contributed by atoms with Gasteiger partial charge in [0.1, 0.15) is 0 Å². The molecule has 0 unspecified atom stereocenters. The lowest BCUT2D eigenvalue weighted by atomic mass is 10.3. The topological polar surface area (TPSA) is 45.4 Å². The molecule has 1 fully saturated rings. The first-order chi connectivity index (χ1) is 7.83. The summed E-state index contributed by atoms with van der Waals surface area (Å²) in [6.07, 6.45) is 0.894. The van der Waals surface area contributed by atoms with Crippen LogP contribution in [-0.4, -0.2) is 49.2 Å². The van der Waals surface area contributed by atoms with Gasteiger partial charge in [-0.1, -0.05) is 6.92 Å². The zero-order chi connectivity index (χ0) is 11.4. The standard InChI is InChI=1S/C11H20N4S/c1-2-14-5-7-15(8-6-14)11-13-10(3-4-12)9-16-11/h9H,2-8,12H2,1H3. The molecule has 0 aromatic carbocycles. The molecule has 16 heavy (non-hydrogen) atoms. The fourth-order valence-electron chi connectivity index (χ4n) is 1.96. The van der Waals surface area contributed by atoms with E-state index in [0.29, 0.717) is 6.54 Å². The van der Waals surface area contributed by atoms with Crippen LogP contribution in [0.25, 0.3) is 0 Å². The van der Waals surface area contributed by atoms with Gasteiger partial charge in [0, 0.05) is 38.0 Å². The molecule has 0 radical (unpaired) electrons. The van der Waals surface area contributed by atoms with Crippen LogP contribution < -0.4 is 10.6 Å². The number of anilines is 1. The highest BCUT2D eigenvalue weighted by atomic mass is 32.1. The Balaban J connectivity index is 1.92. The van der Waals surface area contributed by atoms with Crippen molar-refractivity contribution in [3.63, 3.8) is 0 Å². The monoisotopic (exact) mass is 240 g/mol. The number of piperazine rings is 1. The van der Waals surface area contributed by atoms with Crippen molar-refractivity contribution in [2.75, 3.05) is 44.2 Å². The molecule has 2 N–H and O–H groups in total. The number of likely N-dealkylation sites (N-methyl/N-ethyl adjacent to an activating group) is 1. The van der Waals surface area contributed by atoms with Gasteiger partial charge in [-0.25, -0.2) is 4.98 Å². The molecule has 2 heterocycles. The van der Waals surface area contributed by atoms with Crippen LogP contribution in [0.2, 0.25) is 0 Å². The SMILES string of the molecule is CCN1CCN(c2nc(CCN)cs2)CC1. The van der Waals surface area contributed by atoms with Crippen LogP contribution in [0.5, 0.6) is 0 Å². The molecule has 90 valence electrons. The fraction of sp³-hybridized carbons (Fsp3) is 0.727. The predicted octanol–water partition coefficient (Wildman–Crippen LogP) is 0.786. The van der Waals surface area contributed by atoms with Gasteiger partial charge in [0.15, 0.2) is 5.13 Å². The van der Waals surface area contributed by atoms with Gasteiger partial charge in [0.2, 0.25) is 0 Å². The largest absolute Gasteiger partial charge is 0.346 e. The van der Waals surface area contributed by atoms with Crippen molar-refractivity contribution in [1.29, 1.82) is 0 Å². The van der Waals surface area contributed by atoms with Crippen LogP contribution in [-0.2, 0) is 6.42 Å². The number of rotatable bonds is 4. The molecule has 1 aliphatic heterocycles. The molecule has 1 saturated heterocycles. The average molecular weight is 240 g/mol. The van der Waals surface area contributed by atoms with Crippen molar-refractivity contribution in [3.8, 4) is 0 Å². The van der Waals surface area contributed by atoms with Crippen molar-refractivity contribution < 1.29 is 0 Å². The van der Waals surface area contributed by atoms with Crippen LogP contribution in [0.1, 0.15) is 12.6 Å². The Morgan fingerprint density at radius 2 is 2.12 bits per heavy atom.